The predicted molar refractivity (Wildman–Crippen MR) is 108 cm³/mol. The molecule has 0 aliphatic carbocycles. The van der Waals surface area contributed by atoms with Gasteiger partial charge in [0.05, 0.1) is 22.5 Å². The molecule has 4 rings (SSSR count). The van der Waals surface area contributed by atoms with Crippen LogP contribution in [0.25, 0.3) is 11.1 Å². The van der Waals surface area contributed by atoms with Crippen LogP contribution < -0.4 is 16.2 Å². The molecule has 3 aromatic heterocycles. The van der Waals surface area contributed by atoms with Gasteiger partial charge in [-0.2, -0.15) is 4.98 Å². The number of hydrogen-bond donors (Lipinski definition) is 3. The quantitative estimate of drug-likeness (QED) is 0.442. The number of carbonyl (C=O) groups is 2. The fourth-order valence-corrected chi connectivity index (χ4v) is 2.87. The van der Waals surface area contributed by atoms with Crippen molar-refractivity contribution in [1.82, 2.24) is 30.8 Å². The van der Waals surface area contributed by atoms with E-state index in [0.29, 0.717) is 28.1 Å². The zero-order valence-electron chi connectivity index (χ0n) is 16.1. The average molecular weight is 403 g/mol. The Bertz CT molecular complexity index is 1180. The molecular formula is C20H17N7O3. The number of aromatic nitrogens is 4. The van der Waals surface area contributed by atoms with E-state index in [2.05, 4.69) is 36.1 Å². The summed E-state index contributed by atoms with van der Waals surface area (Å²) in [6.07, 6.45) is 2.95. The van der Waals surface area contributed by atoms with E-state index in [1.165, 1.54) is 6.20 Å². The van der Waals surface area contributed by atoms with Gasteiger partial charge in [-0.25, -0.2) is 9.97 Å². The first-order valence-electron chi connectivity index (χ1n) is 9.00. The number of oxazole rings is 1. The molecule has 0 radical (unpaired) electrons. The number of benzene rings is 1. The minimum absolute atomic E-state index is 0.243. The molecule has 10 heteroatoms. The molecule has 0 saturated carbocycles. The van der Waals surface area contributed by atoms with E-state index >= 15 is 0 Å². The number of para-hydroxylation sites is 2. The third-order valence-electron chi connectivity index (χ3n) is 4.22. The van der Waals surface area contributed by atoms with Crippen LogP contribution in [0.4, 0.5) is 12.0 Å². The van der Waals surface area contributed by atoms with Crippen molar-refractivity contribution in [2.75, 3.05) is 5.32 Å². The summed E-state index contributed by atoms with van der Waals surface area (Å²) in [6.45, 7) is 3.34. The molecule has 0 spiro atoms. The molecule has 30 heavy (non-hydrogen) atoms. The van der Waals surface area contributed by atoms with Gasteiger partial charge in [-0.15, -0.1) is 0 Å². The summed E-state index contributed by atoms with van der Waals surface area (Å²) in [5.74, 6) is -0.773. The predicted octanol–water partition coefficient (Wildman–Crippen LogP) is 2.45. The Hall–Kier alpha value is -4.34. The number of aryl methyl sites for hydroxylation is 2. The van der Waals surface area contributed by atoms with Gasteiger partial charge in [-0.05, 0) is 38.1 Å². The van der Waals surface area contributed by atoms with Crippen LogP contribution in [0.2, 0.25) is 0 Å². The molecule has 2 amide bonds. The van der Waals surface area contributed by atoms with Crippen LogP contribution in [0.1, 0.15) is 32.1 Å². The molecule has 150 valence electrons. The van der Waals surface area contributed by atoms with Crippen LogP contribution in [0.15, 0.2) is 53.2 Å². The van der Waals surface area contributed by atoms with Crippen molar-refractivity contribution in [3.63, 3.8) is 0 Å². The highest BCUT2D eigenvalue weighted by atomic mass is 16.4. The van der Waals surface area contributed by atoms with Crippen LogP contribution in [-0.4, -0.2) is 31.8 Å². The number of amides is 2. The van der Waals surface area contributed by atoms with E-state index in [1.54, 1.807) is 38.2 Å². The van der Waals surface area contributed by atoms with Crippen LogP contribution in [0.3, 0.4) is 0 Å². The zero-order valence-corrected chi connectivity index (χ0v) is 16.1. The fraction of sp³-hybridized carbons (Fsp3) is 0.100. The number of fused-ring (bicyclic) bond motifs is 1. The number of anilines is 2. The number of pyridine rings is 1. The smallest absolute Gasteiger partial charge is 0.302 e. The lowest BCUT2D eigenvalue weighted by atomic mass is 10.1. The molecular weight excluding hydrogens is 386 g/mol. The van der Waals surface area contributed by atoms with Crippen molar-refractivity contribution >= 4 is 34.9 Å². The normalized spacial score (nSPS) is 10.6. The number of rotatable bonds is 4. The molecule has 0 unspecified atom stereocenters. The van der Waals surface area contributed by atoms with Gasteiger partial charge in [0.2, 0.25) is 5.95 Å². The third kappa shape index (κ3) is 3.92. The Morgan fingerprint density at radius 1 is 0.900 bits per heavy atom. The maximum Gasteiger partial charge on any atom is 0.302 e. The molecule has 0 aliphatic heterocycles. The van der Waals surface area contributed by atoms with Crippen LogP contribution in [0.5, 0.6) is 0 Å². The number of nitrogens with zero attached hydrogens (tertiary/aromatic N) is 4. The van der Waals surface area contributed by atoms with Crippen LogP contribution >= 0.6 is 0 Å². The molecule has 0 saturated heterocycles. The second kappa shape index (κ2) is 7.95. The van der Waals surface area contributed by atoms with E-state index in [-0.39, 0.29) is 17.5 Å². The van der Waals surface area contributed by atoms with Crippen molar-refractivity contribution in [3.8, 4) is 0 Å². The number of hydrazine groups is 1. The maximum atomic E-state index is 12.5. The summed E-state index contributed by atoms with van der Waals surface area (Å²) < 4.78 is 5.60. The maximum absolute atomic E-state index is 12.5. The standard InChI is InChI=1S/C20H17N7O3/c1-11-16(18(29)27-26-17(28)13-6-5-9-21-10-13)12(2)23-19(22-11)25-20-24-14-7-3-4-8-15(14)30-20/h3-10H,1-2H3,(H,26,28)(H,27,29)(H,22,23,24,25). The summed E-state index contributed by atoms with van der Waals surface area (Å²) in [7, 11) is 0. The monoisotopic (exact) mass is 403 g/mol. The van der Waals surface area contributed by atoms with E-state index in [1.807, 2.05) is 18.2 Å². The topological polar surface area (TPSA) is 135 Å². The molecule has 0 bridgehead atoms. The van der Waals surface area contributed by atoms with Gasteiger partial charge < -0.3 is 4.42 Å². The SMILES string of the molecule is Cc1nc(Nc2nc3ccccc3o2)nc(C)c1C(=O)NNC(=O)c1cccnc1. The highest BCUT2D eigenvalue weighted by Crippen LogP contribution is 2.21. The highest BCUT2D eigenvalue weighted by Gasteiger charge is 2.18. The largest absolute Gasteiger partial charge is 0.423 e. The molecule has 0 aliphatic rings. The van der Waals surface area contributed by atoms with Crippen molar-refractivity contribution < 1.29 is 14.0 Å². The Morgan fingerprint density at radius 3 is 2.33 bits per heavy atom. The minimum atomic E-state index is -0.532. The summed E-state index contributed by atoms with van der Waals surface area (Å²) >= 11 is 0. The number of carbonyl (C=O) groups excluding carboxylic acids is 2. The fourth-order valence-electron chi connectivity index (χ4n) is 2.87. The summed E-state index contributed by atoms with van der Waals surface area (Å²) in [5, 5.41) is 2.90. The lowest BCUT2D eigenvalue weighted by Gasteiger charge is -2.12. The van der Waals surface area contributed by atoms with Crippen molar-refractivity contribution in [2.24, 2.45) is 0 Å². The second-order valence-electron chi connectivity index (χ2n) is 6.35. The van der Waals surface area contributed by atoms with Crippen molar-refractivity contribution in [2.45, 2.75) is 13.8 Å². The third-order valence-corrected chi connectivity index (χ3v) is 4.22. The van der Waals surface area contributed by atoms with Crippen molar-refractivity contribution in [3.05, 3.63) is 71.3 Å². The first-order valence-corrected chi connectivity index (χ1v) is 9.00. The molecule has 0 atom stereocenters. The summed E-state index contributed by atoms with van der Waals surface area (Å²) in [4.78, 5) is 41.4. The zero-order chi connectivity index (χ0) is 21.1. The first-order chi connectivity index (χ1) is 14.5. The van der Waals surface area contributed by atoms with Crippen LogP contribution in [0, 0.1) is 13.8 Å². The molecule has 3 heterocycles. The highest BCUT2D eigenvalue weighted by molar-refractivity contribution is 6.00. The Labute approximate surface area is 170 Å². The number of hydrogen-bond acceptors (Lipinski definition) is 8. The molecule has 10 nitrogen and oxygen atoms in total. The van der Waals surface area contributed by atoms with E-state index in [0.717, 1.165) is 0 Å². The summed E-state index contributed by atoms with van der Waals surface area (Å²) in [6, 6.07) is 10.8. The molecule has 3 N–H and O–H groups in total. The lowest BCUT2D eigenvalue weighted by Crippen LogP contribution is -2.42. The molecule has 1 aromatic carbocycles. The van der Waals surface area contributed by atoms with Crippen molar-refractivity contribution in [1.29, 1.82) is 0 Å². The average Bonchev–Trinajstić information content (AvgIpc) is 3.14. The van der Waals surface area contributed by atoms with E-state index in [4.69, 9.17) is 4.42 Å². The van der Waals surface area contributed by atoms with Gasteiger partial charge in [-0.3, -0.25) is 30.7 Å². The van der Waals surface area contributed by atoms with Gasteiger partial charge in [0.25, 0.3) is 11.8 Å². The van der Waals surface area contributed by atoms with E-state index in [9.17, 15) is 9.59 Å². The lowest BCUT2D eigenvalue weighted by molar-refractivity contribution is 0.0845. The number of nitrogens with one attached hydrogen (secondary N) is 3. The Kier molecular flexibility index (Phi) is 5.04. The van der Waals surface area contributed by atoms with Gasteiger partial charge in [-0.1, -0.05) is 12.1 Å². The van der Waals surface area contributed by atoms with Gasteiger partial charge in [0, 0.05) is 12.4 Å². The second-order valence-corrected chi connectivity index (χ2v) is 6.35. The molecule has 4 aromatic rings. The first kappa shape index (κ1) is 19.0. The van der Waals surface area contributed by atoms with Gasteiger partial charge in [0.15, 0.2) is 5.58 Å². The van der Waals surface area contributed by atoms with Gasteiger partial charge in [0.1, 0.15) is 5.52 Å². The minimum Gasteiger partial charge on any atom is -0.423 e. The Balaban J connectivity index is 1.48. The van der Waals surface area contributed by atoms with E-state index < -0.39 is 11.8 Å². The molecule has 0 fully saturated rings. The Morgan fingerprint density at radius 2 is 1.63 bits per heavy atom. The summed E-state index contributed by atoms with van der Waals surface area (Å²) in [5.41, 5.74) is 7.47. The van der Waals surface area contributed by atoms with Gasteiger partial charge >= 0.3 is 6.01 Å². The van der Waals surface area contributed by atoms with Crippen LogP contribution in [-0.2, 0) is 0 Å².